The van der Waals surface area contributed by atoms with Crippen molar-refractivity contribution in [2.75, 3.05) is 0 Å². The summed E-state index contributed by atoms with van der Waals surface area (Å²) in [5.41, 5.74) is 0. The van der Waals surface area contributed by atoms with E-state index >= 15 is 0 Å². The van der Waals surface area contributed by atoms with Crippen LogP contribution in [0.3, 0.4) is 0 Å². The normalized spacial score (nSPS) is 9.29. The van der Waals surface area contributed by atoms with E-state index in [-0.39, 0.29) is 0 Å². The molecule has 0 saturated carbocycles. The molecule has 5 heteroatoms. The molecule has 0 spiro atoms. The minimum absolute atomic E-state index is 0.417. The molecule has 0 N–H and O–H groups in total. The Bertz CT molecular complexity index is 142. The second-order valence-electron chi connectivity index (χ2n) is 1.09. The lowest BCUT2D eigenvalue weighted by atomic mass is 11.1. The van der Waals surface area contributed by atoms with E-state index in [4.69, 9.17) is 0 Å². The van der Waals surface area contributed by atoms with Gasteiger partial charge in [0.15, 0.2) is 0 Å². The first-order valence-corrected chi connectivity index (χ1v) is 1.70. The minimum Gasteiger partial charge on any atom is -0.242 e. The van der Waals surface area contributed by atoms with E-state index in [2.05, 4.69) is 15.5 Å². The number of tetrazole rings is 1. The van der Waals surface area contributed by atoms with Gasteiger partial charge >= 0.3 is 6.01 Å². The molecule has 1 radical (unpaired) electrons. The van der Waals surface area contributed by atoms with Crippen LogP contribution in [0.15, 0.2) is 0 Å². The highest BCUT2D eigenvalue weighted by Crippen LogP contribution is 1.92. The molecular weight excluding hydrogens is 96.0 g/mol. The van der Waals surface area contributed by atoms with Gasteiger partial charge < -0.3 is 0 Å². The Morgan fingerprint density at radius 3 is 2.57 bits per heavy atom. The van der Waals surface area contributed by atoms with Gasteiger partial charge in [0.25, 0.3) is 0 Å². The number of nitrogens with zero attached hydrogens (tertiary/aromatic N) is 4. The van der Waals surface area contributed by atoms with Gasteiger partial charge in [0.2, 0.25) is 0 Å². The molecule has 0 amide bonds. The zero-order valence-electron chi connectivity index (χ0n) is 3.70. The van der Waals surface area contributed by atoms with Crippen LogP contribution in [0.2, 0.25) is 0 Å². The third-order valence-corrected chi connectivity index (χ3v) is 0.581. The van der Waals surface area contributed by atoms with E-state index in [1.807, 2.05) is 0 Å². The summed E-state index contributed by atoms with van der Waals surface area (Å²) in [6.45, 7) is 0. The Hall–Kier alpha value is -1.13. The average molecular weight is 99.1 g/mol. The van der Waals surface area contributed by atoms with Gasteiger partial charge in [-0.15, -0.1) is 0 Å². The molecular formula is C2H3N4O. The number of hydrogen-bond acceptors (Lipinski definition) is 3. The van der Waals surface area contributed by atoms with Crippen molar-refractivity contribution in [1.82, 2.24) is 20.2 Å². The van der Waals surface area contributed by atoms with Crippen molar-refractivity contribution < 1.29 is 5.11 Å². The number of aryl methyl sites for hydroxylation is 1. The van der Waals surface area contributed by atoms with Crippen molar-refractivity contribution >= 4 is 0 Å². The summed E-state index contributed by atoms with van der Waals surface area (Å²) < 4.78 is 1.06. The Kier molecular flexibility index (Phi) is 0.680. The highest BCUT2D eigenvalue weighted by atomic mass is 16.3. The molecule has 1 heterocycles. The smallest absolute Gasteiger partial charge is 0.242 e. The van der Waals surface area contributed by atoms with E-state index < -0.39 is 6.01 Å². The zero-order chi connectivity index (χ0) is 5.28. The summed E-state index contributed by atoms with van der Waals surface area (Å²) in [4.78, 5) is 0. The molecule has 0 fully saturated rings. The van der Waals surface area contributed by atoms with Crippen LogP contribution in [0.1, 0.15) is 0 Å². The van der Waals surface area contributed by atoms with Crippen molar-refractivity contribution in [1.29, 1.82) is 0 Å². The first kappa shape index (κ1) is 4.04. The fourth-order valence-corrected chi connectivity index (χ4v) is 0.221. The third kappa shape index (κ3) is 0.510. The van der Waals surface area contributed by atoms with Crippen LogP contribution in [0.4, 0.5) is 0 Å². The van der Waals surface area contributed by atoms with Crippen LogP contribution in [0.5, 0.6) is 6.01 Å². The van der Waals surface area contributed by atoms with Crippen molar-refractivity contribution in [2.45, 2.75) is 0 Å². The minimum atomic E-state index is -0.417. The third-order valence-electron chi connectivity index (χ3n) is 0.581. The van der Waals surface area contributed by atoms with Crippen LogP contribution >= 0.6 is 0 Å². The lowest BCUT2D eigenvalue weighted by Crippen LogP contribution is -1.87. The molecule has 5 nitrogen and oxygen atoms in total. The van der Waals surface area contributed by atoms with Gasteiger partial charge in [0.1, 0.15) is 0 Å². The second kappa shape index (κ2) is 1.18. The van der Waals surface area contributed by atoms with E-state index in [0.717, 1.165) is 4.68 Å². The first-order chi connectivity index (χ1) is 3.30. The van der Waals surface area contributed by atoms with Gasteiger partial charge in [0.05, 0.1) is 0 Å². The standard InChI is InChI=1S/C2H3N4O/c1-6-2(7)3-4-5-6/h1H3. The summed E-state index contributed by atoms with van der Waals surface area (Å²) in [6, 6.07) is -0.417. The maximum atomic E-state index is 10.1. The van der Waals surface area contributed by atoms with Crippen molar-refractivity contribution in [3.8, 4) is 6.01 Å². The summed E-state index contributed by atoms with van der Waals surface area (Å²) in [5, 5.41) is 19.5. The van der Waals surface area contributed by atoms with Gasteiger partial charge in [-0.3, -0.25) is 0 Å². The van der Waals surface area contributed by atoms with Crippen LogP contribution in [-0.4, -0.2) is 20.2 Å². The monoisotopic (exact) mass is 99.0 g/mol. The summed E-state index contributed by atoms with van der Waals surface area (Å²) in [5.74, 6) is 0. The van der Waals surface area contributed by atoms with Crippen molar-refractivity contribution in [2.24, 2.45) is 7.05 Å². The lowest BCUT2D eigenvalue weighted by molar-refractivity contribution is 0.299. The summed E-state index contributed by atoms with van der Waals surface area (Å²) in [7, 11) is 1.49. The molecule has 0 aliphatic rings. The Morgan fingerprint density at radius 1 is 1.71 bits per heavy atom. The molecule has 37 valence electrons. The van der Waals surface area contributed by atoms with Crippen LogP contribution in [-0.2, 0) is 12.2 Å². The van der Waals surface area contributed by atoms with Gasteiger partial charge in [0, 0.05) is 7.05 Å². The molecule has 1 aromatic rings. The predicted octanol–water partition coefficient (Wildman–Crippen LogP) is -0.646. The lowest BCUT2D eigenvalue weighted by Gasteiger charge is -1.76. The van der Waals surface area contributed by atoms with Crippen molar-refractivity contribution in [3.63, 3.8) is 0 Å². The van der Waals surface area contributed by atoms with E-state index in [1.165, 1.54) is 7.05 Å². The topological polar surface area (TPSA) is 63.5 Å². The molecule has 7 heavy (non-hydrogen) atoms. The largest absolute Gasteiger partial charge is 0.385 e. The van der Waals surface area contributed by atoms with Gasteiger partial charge in [-0.2, -0.15) is 4.68 Å². The fraction of sp³-hybridized carbons (Fsp3) is 0.500. The molecule has 0 aliphatic heterocycles. The highest BCUT2D eigenvalue weighted by Gasteiger charge is 1.95. The van der Waals surface area contributed by atoms with Gasteiger partial charge in [-0.05, 0) is 10.4 Å². The maximum absolute atomic E-state index is 10.1. The van der Waals surface area contributed by atoms with E-state index in [9.17, 15) is 5.11 Å². The summed E-state index contributed by atoms with van der Waals surface area (Å²) in [6.07, 6.45) is 0. The molecule has 0 saturated heterocycles. The molecule has 0 atom stereocenters. The average Bonchev–Trinajstić information content (AvgIpc) is 1.91. The Morgan fingerprint density at radius 2 is 2.43 bits per heavy atom. The van der Waals surface area contributed by atoms with E-state index in [1.54, 1.807) is 0 Å². The molecule has 1 rings (SSSR count). The predicted molar refractivity (Wildman–Crippen MR) is 18.9 cm³/mol. The SMILES string of the molecule is Cn1nnnc1[O]. The number of aromatic nitrogens is 4. The van der Waals surface area contributed by atoms with E-state index in [0.29, 0.717) is 0 Å². The molecule has 0 bridgehead atoms. The maximum Gasteiger partial charge on any atom is 0.385 e. The van der Waals surface area contributed by atoms with Crippen LogP contribution in [0, 0.1) is 0 Å². The second-order valence-corrected chi connectivity index (χ2v) is 1.09. The number of rotatable bonds is 0. The molecule has 1 aromatic heterocycles. The molecule has 0 aromatic carbocycles. The van der Waals surface area contributed by atoms with Gasteiger partial charge in [-0.1, -0.05) is 5.10 Å². The van der Waals surface area contributed by atoms with Gasteiger partial charge in [-0.25, -0.2) is 5.11 Å². The molecule has 0 aliphatic carbocycles. The first-order valence-electron chi connectivity index (χ1n) is 1.70. The zero-order valence-corrected chi connectivity index (χ0v) is 3.70. The quantitative estimate of drug-likeness (QED) is 0.434. The summed E-state index contributed by atoms with van der Waals surface area (Å²) >= 11 is 0. The Balaban J connectivity index is 3.12. The number of hydrogen-bond donors (Lipinski definition) is 0. The van der Waals surface area contributed by atoms with Crippen molar-refractivity contribution in [3.05, 3.63) is 0 Å². The Labute approximate surface area is 39.6 Å². The van der Waals surface area contributed by atoms with Crippen LogP contribution in [0.25, 0.3) is 0 Å². The highest BCUT2D eigenvalue weighted by molar-refractivity contribution is 4.78. The van der Waals surface area contributed by atoms with Crippen LogP contribution < -0.4 is 0 Å². The molecule has 0 unspecified atom stereocenters. The fourth-order valence-electron chi connectivity index (χ4n) is 0.221.